The summed E-state index contributed by atoms with van der Waals surface area (Å²) in [5.41, 5.74) is 0. The van der Waals surface area contributed by atoms with Gasteiger partial charge in [0.05, 0.1) is 0 Å². The van der Waals surface area contributed by atoms with E-state index >= 15 is 0 Å². The fraction of sp³-hybridized carbons (Fsp3) is 0. The van der Waals surface area contributed by atoms with E-state index in [1.54, 1.807) is 0 Å². The fourth-order valence-corrected chi connectivity index (χ4v) is 0. The summed E-state index contributed by atoms with van der Waals surface area (Å²) in [6.07, 6.45) is 0. The van der Waals surface area contributed by atoms with Crippen molar-refractivity contribution in [3.8, 4) is 0 Å². The van der Waals surface area contributed by atoms with Crippen LogP contribution in [0.15, 0.2) is 0 Å². The van der Waals surface area contributed by atoms with Gasteiger partial charge in [-0.3, -0.25) is 0 Å². The van der Waals surface area contributed by atoms with Crippen LogP contribution >= 0.6 is 0 Å². The van der Waals surface area contributed by atoms with Crippen LogP contribution in [0.2, 0.25) is 0 Å². The van der Waals surface area contributed by atoms with Crippen LogP contribution in [0, 0.1) is 0 Å². The summed E-state index contributed by atoms with van der Waals surface area (Å²) in [5.74, 6) is 0. The van der Waals surface area contributed by atoms with Gasteiger partial charge >= 0.3 is 149 Å². The molecule has 0 aromatic carbocycles. The van der Waals surface area contributed by atoms with Crippen LogP contribution in [0.1, 0.15) is 0 Å². The Bertz CT molecular complexity index is 75.3. The van der Waals surface area contributed by atoms with Crippen LogP contribution in [0.4, 0.5) is 0 Å². The van der Waals surface area contributed by atoms with E-state index in [2.05, 4.69) is 0 Å². The van der Waals surface area contributed by atoms with Crippen LogP contribution in [0.5, 0.6) is 0 Å². The molecule has 0 aromatic rings. The van der Waals surface area contributed by atoms with Crippen molar-refractivity contribution in [2.24, 2.45) is 0 Å². The van der Waals surface area contributed by atoms with Crippen molar-refractivity contribution in [1.29, 1.82) is 0 Å². The van der Waals surface area contributed by atoms with Crippen LogP contribution < -0.4 is 16.5 Å². The summed E-state index contributed by atoms with van der Waals surface area (Å²) < 4.78 is 68.2. The Morgan fingerprint density at radius 3 is 0.571 bits per heavy atom. The predicted molar refractivity (Wildman–Crippen MR) is 37.1 cm³/mol. The van der Waals surface area contributed by atoms with E-state index in [9.17, 15) is 0 Å². The van der Waals surface area contributed by atoms with Gasteiger partial charge in [0.15, 0.2) is 0 Å². The minimum atomic E-state index is -2.19. The molecule has 14 heavy (non-hydrogen) atoms. The van der Waals surface area contributed by atoms with Gasteiger partial charge in [0, 0.05) is 0 Å². The predicted octanol–water partition coefficient (Wildman–Crippen LogP) is -8.21. The minimum absolute atomic E-state index is 0. The van der Waals surface area contributed by atoms with Crippen molar-refractivity contribution >= 4 is 101 Å². The summed E-state index contributed by atoms with van der Waals surface area (Å²) in [4.78, 5) is 0. The third-order valence-electron chi connectivity index (χ3n) is 0. The summed E-state index contributed by atoms with van der Waals surface area (Å²) in [6, 6.07) is 0. The summed E-state index contributed by atoms with van der Waals surface area (Å²) in [5, 5.41) is 0. The van der Waals surface area contributed by atoms with Crippen molar-refractivity contribution in [1.82, 2.24) is 0 Å². The first-order chi connectivity index (χ1) is 5.66. The molecule has 0 atom stereocenters. The molecule has 0 heterocycles. The Morgan fingerprint density at radius 1 is 0.571 bits per heavy atom. The molecular formula is H4CaCuGe4O8. The molecule has 0 saturated carbocycles. The first-order valence-electron chi connectivity index (χ1n) is 1.89. The quantitative estimate of drug-likeness (QED) is 0.282. The monoisotopic (exact) mass is 531 g/mol. The van der Waals surface area contributed by atoms with Crippen molar-refractivity contribution in [2.75, 3.05) is 0 Å². The zero-order valence-electron chi connectivity index (χ0n) is 6.58. The average Bonchev–Trinajstić information content (AvgIpc) is 1.92. The first kappa shape index (κ1) is 36.0. The van der Waals surface area contributed by atoms with Crippen molar-refractivity contribution < 1.29 is 48.7 Å². The maximum atomic E-state index is 8.53. The average molecular weight is 526 g/mol. The van der Waals surface area contributed by atoms with E-state index in [1.165, 1.54) is 0 Å². The molecule has 0 fully saturated rings. The van der Waals surface area contributed by atoms with Crippen LogP contribution in [-0.2, 0) is 32.2 Å². The Morgan fingerprint density at radius 2 is 0.571 bits per heavy atom. The molecule has 0 rings (SSSR count). The molecule has 8 nitrogen and oxygen atoms in total. The molecule has 0 saturated heterocycles. The van der Waals surface area contributed by atoms with E-state index in [4.69, 9.17) is 31.6 Å². The number of hydrogen-bond acceptors (Lipinski definition) is 8. The van der Waals surface area contributed by atoms with Crippen molar-refractivity contribution in [3.05, 3.63) is 0 Å². The van der Waals surface area contributed by atoms with Crippen LogP contribution in [0.25, 0.3) is 0 Å². The molecule has 0 spiro atoms. The summed E-state index contributed by atoms with van der Waals surface area (Å²) in [7, 11) is 0. The van der Waals surface area contributed by atoms with Gasteiger partial charge in [-0.2, -0.15) is 0 Å². The molecule has 0 aliphatic heterocycles. The van der Waals surface area contributed by atoms with Gasteiger partial charge in [-0.15, -0.1) is 0 Å². The SMILES string of the molecule is [Ca+2].[Cu+2].[O]=[GeH][O-].[O]=[GeH][O-].[O]=[GeH][O-].[O]=[GeH][O-]. The van der Waals surface area contributed by atoms with Crippen LogP contribution in [-0.4, -0.2) is 101 Å². The molecule has 0 amide bonds. The second kappa shape index (κ2) is 78.4. The van der Waals surface area contributed by atoms with E-state index in [0.717, 1.165) is 0 Å². The second-order valence-electron chi connectivity index (χ2n) is 0.385. The van der Waals surface area contributed by atoms with E-state index in [1.807, 2.05) is 0 Å². The fourth-order valence-electron chi connectivity index (χ4n) is 0. The Hall–Kier alpha value is 2.35. The summed E-state index contributed by atoms with van der Waals surface area (Å²) in [6.45, 7) is 0. The van der Waals surface area contributed by atoms with Gasteiger partial charge in [-0.25, -0.2) is 0 Å². The number of rotatable bonds is 0. The molecule has 14 heteroatoms. The Kier molecular flexibility index (Phi) is 201. The van der Waals surface area contributed by atoms with Gasteiger partial charge in [0.1, 0.15) is 0 Å². The van der Waals surface area contributed by atoms with Gasteiger partial charge in [0.25, 0.3) is 0 Å². The molecule has 0 aromatic heterocycles. The van der Waals surface area contributed by atoms with E-state index in [0.29, 0.717) is 0 Å². The molecule has 0 unspecified atom stereocenters. The van der Waals surface area contributed by atoms with E-state index < -0.39 is 62.8 Å². The zero-order chi connectivity index (χ0) is 10.8. The topological polar surface area (TPSA) is 161 Å². The zero-order valence-corrected chi connectivity index (χ0v) is 19.4. The van der Waals surface area contributed by atoms with Crippen molar-refractivity contribution in [2.45, 2.75) is 0 Å². The molecule has 81 valence electrons. The standard InChI is InChI=1S/Ca.Cu.4GeHO2/c;;4*2-1-3/h;;4*1H/q2*+2;4*-1. The normalized spacial score (nSPS) is 3.43. The second-order valence-corrected chi connectivity index (χ2v) is 2.00. The van der Waals surface area contributed by atoms with Crippen molar-refractivity contribution in [3.63, 3.8) is 0 Å². The van der Waals surface area contributed by atoms with Crippen LogP contribution in [0.3, 0.4) is 0 Å². The van der Waals surface area contributed by atoms with E-state index in [-0.39, 0.29) is 54.8 Å². The molecule has 0 aliphatic rings. The molecular weight excluding hydrogens is 522 g/mol. The van der Waals surface area contributed by atoms with Gasteiger partial charge in [-0.05, 0) is 0 Å². The van der Waals surface area contributed by atoms with Gasteiger partial charge in [0.2, 0.25) is 0 Å². The third kappa shape index (κ3) is 463. The summed E-state index contributed by atoms with van der Waals surface area (Å²) >= 11 is -8.75. The number of hydrogen-bond donors (Lipinski definition) is 0. The van der Waals surface area contributed by atoms with Gasteiger partial charge < -0.3 is 0 Å². The maximum absolute atomic E-state index is 8.53. The Labute approximate surface area is 147 Å². The third-order valence-corrected chi connectivity index (χ3v) is 0. The first-order valence-corrected chi connectivity index (χ1v) is 9.80. The molecule has 0 N–H and O–H groups in total. The molecule has 0 bridgehead atoms. The Balaban J connectivity index is -0.0000000145. The molecule has 1 radical (unpaired) electrons. The van der Waals surface area contributed by atoms with Gasteiger partial charge in [-0.1, -0.05) is 0 Å². The molecule has 0 aliphatic carbocycles.